The van der Waals surface area contributed by atoms with Gasteiger partial charge in [-0.2, -0.15) is 5.10 Å². The minimum Gasteiger partial charge on any atom is -0.377 e. The number of rotatable bonds is 3. The van der Waals surface area contributed by atoms with Crippen LogP contribution >= 0.6 is 0 Å². The topological polar surface area (TPSA) is 43.2 Å². The third kappa shape index (κ3) is 3.34. The van der Waals surface area contributed by atoms with Gasteiger partial charge in [-0.15, -0.1) is 0 Å². The van der Waals surface area contributed by atoms with Gasteiger partial charge in [0.2, 0.25) is 0 Å². The maximum absolute atomic E-state index is 14.3. The van der Waals surface area contributed by atoms with E-state index in [0.717, 1.165) is 31.7 Å². The fourth-order valence-electron chi connectivity index (χ4n) is 2.81. The second-order valence-corrected chi connectivity index (χ2v) is 5.87. The van der Waals surface area contributed by atoms with Crippen molar-refractivity contribution >= 4 is 0 Å². The van der Waals surface area contributed by atoms with Gasteiger partial charge in [-0.25, -0.2) is 14.1 Å². The van der Waals surface area contributed by atoms with Gasteiger partial charge in [0.15, 0.2) is 0 Å². The molecule has 2 atom stereocenters. The summed E-state index contributed by atoms with van der Waals surface area (Å²) in [5.74, 6) is -0.283. The van der Waals surface area contributed by atoms with Crippen molar-refractivity contribution in [3.05, 3.63) is 42.2 Å². The number of hydrogen-bond donors (Lipinski definition) is 0. The van der Waals surface area contributed by atoms with E-state index in [1.54, 1.807) is 12.1 Å². The number of halogens is 1. The van der Waals surface area contributed by atoms with Gasteiger partial charge in [0.25, 0.3) is 0 Å². The first kappa shape index (κ1) is 15.1. The quantitative estimate of drug-likeness (QED) is 0.873. The Labute approximate surface area is 129 Å². The van der Waals surface area contributed by atoms with Crippen LogP contribution in [0.25, 0.3) is 5.69 Å². The average Bonchev–Trinajstić information content (AvgIpc) is 2.95. The lowest BCUT2D eigenvalue weighted by Gasteiger charge is -2.27. The molecule has 0 saturated carbocycles. The zero-order valence-corrected chi connectivity index (χ0v) is 12.9. The normalized spacial score (nSPS) is 23.4. The molecular formula is C16H21FN4O. The standard InChI is InChI=1S/C16H21FN4O/c1-12-5-6-22-13(2)8-20(12)9-14-3-4-16(15(17)7-14)21-11-18-10-19-21/h3-4,7,10-13H,5-6,8-9H2,1-2H3/t12-,13-/m1/s1. The molecular weight excluding hydrogens is 283 g/mol. The molecule has 5 nitrogen and oxygen atoms in total. The monoisotopic (exact) mass is 304 g/mol. The highest BCUT2D eigenvalue weighted by Gasteiger charge is 2.21. The Morgan fingerprint density at radius 1 is 1.36 bits per heavy atom. The molecule has 1 aromatic heterocycles. The first-order chi connectivity index (χ1) is 10.6. The van der Waals surface area contributed by atoms with E-state index in [9.17, 15) is 4.39 Å². The van der Waals surface area contributed by atoms with Crippen LogP contribution in [0.1, 0.15) is 25.8 Å². The maximum Gasteiger partial charge on any atom is 0.149 e. The van der Waals surface area contributed by atoms with Crippen LogP contribution in [0.3, 0.4) is 0 Å². The molecule has 0 N–H and O–H groups in total. The van der Waals surface area contributed by atoms with E-state index in [0.29, 0.717) is 11.7 Å². The van der Waals surface area contributed by atoms with E-state index >= 15 is 0 Å². The Hall–Kier alpha value is -1.79. The molecule has 0 radical (unpaired) electrons. The number of nitrogens with zero attached hydrogens (tertiary/aromatic N) is 4. The molecule has 118 valence electrons. The summed E-state index contributed by atoms with van der Waals surface area (Å²) in [6.07, 6.45) is 4.11. The van der Waals surface area contributed by atoms with Crippen LogP contribution in [0.15, 0.2) is 30.9 Å². The van der Waals surface area contributed by atoms with Crippen molar-refractivity contribution < 1.29 is 9.13 Å². The number of ether oxygens (including phenoxy) is 1. The van der Waals surface area contributed by atoms with Gasteiger partial charge < -0.3 is 4.74 Å². The van der Waals surface area contributed by atoms with Crippen LogP contribution in [-0.2, 0) is 11.3 Å². The molecule has 0 bridgehead atoms. The van der Waals surface area contributed by atoms with Crippen LogP contribution in [0.5, 0.6) is 0 Å². The molecule has 1 aliphatic heterocycles. The molecule has 2 aromatic rings. The summed E-state index contributed by atoms with van der Waals surface area (Å²) in [5.41, 5.74) is 1.38. The Morgan fingerprint density at radius 3 is 2.95 bits per heavy atom. The lowest BCUT2D eigenvalue weighted by Crippen LogP contribution is -2.35. The molecule has 0 unspecified atom stereocenters. The van der Waals surface area contributed by atoms with Gasteiger partial charge in [-0.05, 0) is 38.0 Å². The fraction of sp³-hybridized carbons (Fsp3) is 0.500. The maximum atomic E-state index is 14.3. The largest absolute Gasteiger partial charge is 0.377 e. The predicted octanol–water partition coefficient (Wildman–Crippen LogP) is 2.41. The van der Waals surface area contributed by atoms with Crippen LogP contribution in [-0.4, -0.2) is 45.0 Å². The summed E-state index contributed by atoms with van der Waals surface area (Å²) in [6, 6.07) is 5.72. The predicted molar refractivity (Wildman–Crippen MR) is 81.2 cm³/mol. The van der Waals surface area contributed by atoms with Crippen molar-refractivity contribution in [2.24, 2.45) is 0 Å². The Kier molecular flexibility index (Phi) is 4.49. The second kappa shape index (κ2) is 6.54. The summed E-state index contributed by atoms with van der Waals surface area (Å²) < 4.78 is 21.4. The van der Waals surface area contributed by atoms with Crippen molar-refractivity contribution in [2.75, 3.05) is 13.2 Å². The average molecular weight is 304 g/mol. The molecule has 1 aromatic carbocycles. The molecule has 3 rings (SSSR count). The van der Waals surface area contributed by atoms with Crippen LogP contribution in [0.2, 0.25) is 0 Å². The second-order valence-electron chi connectivity index (χ2n) is 5.87. The van der Waals surface area contributed by atoms with Gasteiger partial charge in [0, 0.05) is 25.7 Å². The molecule has 0 spiro atoms. The molecule has 1 saturated heterocycles. The van der Waals surface area contributed by atoms with Crippen LogP contribution in [0.4, 0.5) is 4.39 Å². The molecule has 2 heterocycles. The van der Waals surface area contributed by atoms with Gasteiger partial charge in [-0.3, -0.25) is 4.90 Å². The van der Waals surface area contributed by atoms with E-state index in [1.807, 2.05) is 6.07 Å². The highest BCUT2D eigenvalue weighted by Crippen LogP contribution is 2.19. The first-order valence-corrected chi connectivity index (χ1v) is 7.62. The Balaban J connectivity index is 1.76. The highest BCUT2D eigenvalue weighted by molar-refractivity contribution is 5.35. The third-order valence-electron chi connectivity index (χ3n) is 4.12. The van der Waals surface area contributed by atoms with Gasteiger partial charge >= 0.3 is 0 Å². The molecule has 1 fully saturated rings. The first-order valence-electron chi connectivity index (χ1n) is 7.62. The summed E-state index contributed by atoms with van der Waals surface area (Å²) in [5, 5.41) is 3.97. The lowest BCUT2D eigenvalue weighted by atomic mass is 10.1. The van der Waals surface area contributed by atoms with E-state index < -0.39 is 0 Å². The molecule has 6 heteroatoms. The SMILES string of the molecule is C[C@@H]1CN(Cc2ccc(-n3cncn3)c(F)c2)[C@H](C)CCO1. The van der Waals surface area contributed by atoms with Crippen molar-refractivity contribution in [3.8, 4) is 5.69 Å². The summed E-state index contributed by atoms with van der Waals surface area (Å²) in [4.78, 5) is 6.20. The smallest absolute Gasteiger partial charge is 0.149 e. The third-order valence-corrected chi connectivity index (χ3v) is 4.12. The summed E-state index contributed by atoms with van der Waals surface area (Å²) in [6.45, 7) is 6.66. The van der Waals surface area contributed by atoms with Gasteiger partial charge in [-0.1, -0.05) is 6.07 Å². The molecule has 0 amide bonds. The van der Waals surface area contributed by atoms with E-state index in [1.165, 1.54) is 17.3 Å². The van der Waals surface area contributed by atoms with E-state index in [2.05, 4.69) is 28.8 Å². The highest BCUT2D eigenvalue weighted by atomic mass is 19.1. The van der Waals surface area contributed by atoms with E-state index in [-0.39, 0.29) is 11.9 Å². The van der Waals surface area contributed by atoms with Crippen LogP contribution < -0.4 is 0 Å². The van der Waals surface area contributed by atoms with Crippen LogP contribution in [0, 0.1) is 5.82 Å². The zero-order valence-electron chi connectivity index (χ0n) is 12.9. The molecule has 1 aliphatic rings. The van der Waals surface area contributed by atoms with Crippen molar-refractivity contribution in [2.45, 2.75) is 39.0 Å². The Bertz CT molecular complexity index is 617. The lowest BCUT2D eigenvalue weighted by molar-refractivity contribution is 0.0657. The van der Waals surface area contributed by atoms with Crippen molar-refractivity contribution in [1.29, 1.82) is 0 Å². The molecule has 22 heavy (non-hydrogen) atoms. The zero-order chi connectivity index (χ0) is 15.5. The minimum absolute atomic E-state index is 0.212. The molecule has 0 aliphatic carbocycles. The van der Waals surface area contributed by atoms with Gasteiger partial charge in [0.05, 0.1) is 6.10 Å². The van der Waals surface area contributed by atoms with Gasteiger partial charge in [0.1, 0.15) is 24.2 Å². The fourth-order valence-corrected chi connectivity index (χ4v) is 2.81. The number of hydrogen-bond acceptors (Lipinski definition) is 4. The van der Waals surface area contributed by atoms with Crippen molar-refractivity contribution in [1.82, 2.24) is 19.7 Å². The summed E-state index contributed by atoms with van der Waals surface area (Å²) >= 11 is 0. The number of benzene rings is 1. The Morgan fingerprint density at radius 2 is 2.23 bits per heavy atom. The summed E-state index contributed by atoms with van der Waals surface area (Å²) in [7, 11) is 0. The van der Waals surface area contributed by atoms with Crippen molar-refractivity contribution in [3.63, 3.8) is 0 Å². The van der Waals surface area contributed by atoms with E-state index in [4.69, 9.17) is 4.74 Å². The number of aromatic nitrogens is 3. The minimum atomic E-state index is -0.283.